The lowest BCUT2D eigenvalue weighted by atomic mass is 9.89. The molecule has 5 heteroatoms. The predicted octanol–water partition coefficient (Wildman–Crippen LogP) is 4.17. The summed E-state index contributed by atoms with van der Waals surface area (Å²) in [6.07, 6.45) is 7.01. The summed E-state index contributed by atoms with van der Waals surface area (Å²) >= 11 is 0. The molecule has 1 saturated carbocycles. The van der Waals surface area contributed by atoms with E-state index < -0.39 is 11.6 Å². The van der Waals surface area contributed by atoms with Crippen LogP contribution in [0.25, 0.3) is 0 Å². The number of pyridine rings is 1. The van der Waals surface area contributed by atoms with Gasteiger partial charge in [-0.15, -0.1) is 0 Å². The van der Waals surface area contributed by atoms with E-state index in [1.54, 1.807) is 0 Å². The van der Waals surface area contributed by atoms with Crippen LogP contribution >= 0.6 is 0 Å². The second kappa shape index (κ2) is 7.41. The van der Waals surface area contributed by atoms with E-state index in [0.29, 0.717) is 19.0 Å². The van der Waals surface area contributed by atoms with Gasteiger partial charge in [-0.2, -0.15) is 0 Å². The Hall–Kier alpha value is -1.39. The van der Waals surface area contributed by atoms with Gasteiger partial charge in [0, 0.05) is 19.2 Å². The molecule has 0 aliphatic heterocycles. The number of aromatic nitrogens is 1. The molecular weight excluding hydrogens is 260 g/mol. The van der Waals surface area contributed by atoms with Crippen LogP contribution in [0.15, 0.2) is 6.07 Å². The maximum atomic E-state index is 13.7. The Morgan fingerprint density at radius 2 is 1.75 bits per heavy atom. The molecule has 112 valence electrons. The number of halogens is 2. The largest absolute Gasteiger partial charge is 0.368 e. The van der Waals surface area contributed by atoms with Crippen molar-refractivity contribution in [3.05, 3.63) is 17.7 Å². The molecule has 20 heavy (non-hydrogen) atoms. The van der Waals surface area contributed by atoms with Crippen LogP contribution in [0.2, 0.25) is 0 Å². The van der Waals surface area contributed by atoms with Crippen molar-refractivity contribution in [3.63, 3.8) is 0 Å². The first-order valence-corrected chi connectivity index (χ1v) is 7.54. The van der Waals surface area contributed by atoms with Crippen LogP contribution in [0, 0.1) is 17.6 Å². The maximum absolute atomic E-state index is 13.7. The van der Waals surface area contributed by atoms with Gasteiger partial charge in [0.15, 0.2) is 23.3 Å². The van der Waals surface area contributed by atoms with Gasteiger partial charge in [0.2, 0.25) is 0 Å². The van der Waals surface area contributed by atoms with Gasteiger partial charge in [-0.3, -0.25) is 0 Å². The van der Waals surface area contributed by atoms with E-state index in [1.807, 2.05) is 6.92 Å². The highest BCUT2D eigenvalue weighted by Crippen LogP contribution is 2.25. The Balaban J connectivity index is 1.98. The van der Waals surface area contributed by atoms with Gasteiger partial charge in [-0.25, -0.2) is 13.8 Å². The van der Waals surface area contributed by atoms with Crippen molar-refractivity contribution in [1.29, 1.82) is 0 Å². The Morgan fingerprint density at radius 1 is 1.10 bits per heavy atom. The summed E-state index contributed by atoms with van der Waals surface area (Å²) in [4.78, 5) is 4.02. The lowest BCUT2D eigenvalue weighted by Crippen LogP contribution is -2.19. The smallest absolute Gasteiger partial charge is 0.168 e. The SMILES string of the molecule is CCCNc1nc(NCC2CCCCC2)c(F)cc1F. The summed E-state index contributed by atoms with van der Waals surface area (Å²) < 4.78 is 27.3. The average molecular weight is 283 g/mol. The van der Waals surface area contributed by atoms with Gasteiger partial charge in [0.1, 0.15) is 0 Å². The molecule has 1 heterocycles. The van der Waals surface area contributed by atoms with Crippen molar-refractivity contribution in [2.45, 2.75) is 45.4 Å². The van der Waals surface area contributed by atoms with Crippen LogP contribution in [0.3, 0.4) is 0 Å². The van der Waals surface area contributed by atoms with Crippen LogP contribution in [-0.2, 0) is 0 Å². The second-order valence-electron chi connectivity index (χ2n) is 5.46. The molecule has 0 bridgehead atoms. The fourth-order valence-corrected chi connectivity index (χ4v) is 2.59. The molecule has 1 aromatic rings. The predicted molar refractivity (Wildman–Crippen MR) is 78.0 cm³/mol. The molecule has 0 saturated heterocycles. The molecule has 1 aliphatic carbocycles. The highest BCUT2D eigenvalue weighted by atomic mass is 19.1. The Morgan fingerprint density at radius 3 is 2.40 bits per heavy atom. The minimum absolute atomic E-state index is 0.124. The van der Waals surface area contributed by atoms with Crippen molar-refractivity contribution in [3.8, 4) is 0 Å². The van der Waals surface area contributed by atoms with Gasteiger partial charge in [0.25, 0.3) is 0 Å². The molecule has 0 radical (unpaired) electrons. The van der Waals surface area contributed by atoms with Crippen LogP contribution in [0.1, 0.15) is 45.4 Å². The summed E-state index contributed by atoms with van der Waals surface area (Å²) in [7, 11) is 0. The van der Waals surface area contributed by atoms with E-state index in [0.717, 1.165) is 12.5 Å². The Labute approximate surface area is 119 Å². The number of rotatable bonds is 6. The quantitative estimate of drug-likeness (QED) is 0.822. The molecule has 2 N–H and O–H groups in total. The molecule has 0 spiro atoms. The standard InChI is InChI=1S/C15H23F2N3/c1-2-8-18-14-12(16)9-13(17)15(20-14)19-10-11-6-4-3-5-7-11/h9,11H,2-8,10H2,1H3,(H2,18,19,20). The zero-order valence-corrected chi connectivity index (χ0v) is 12.0. The molecule has 1 fully saturated rings. The van der Waals surface area contributed by atoms with Crippen LogP contribution in [0.5, 0.6) is 0 Å². The molecule has 0 atom stereocenters. The molecule has 0 unspecified atom stereocenters. The Kier molecular flexibility index (Phi) is 5.56. The van der Waals surface area contributed by atoms with Crippen LogP contribution < -0.4 is 10.6 Å². The van der Waals surface area contributed by atoms with Crippen LogP contribution in [-0.4, -0.2) is 18.1 Å². The zero-order chi connectivity index (χ0) is 14.4. The van der Waals surface area contributed by atoms with Gasteiger partial charge in [0.05, 0.1) is 0 Å². The normalized spacial score (nSPS) is 16.1. The topological polar surface area (TPSA) is 37.0 Å². The number of nitrogens with zero attached hydrogens (tertiary/aromatic N) is 1. The van der Waals surface area contributed by atoms with Crippen molar-refractivity contribution >= 4 is 11.6 Å². The minimum atomic E-state index is -0.640. The molecule has 1 aromatic heterocycles. The van der Waals surface area contributed by atoms with Crippen LogP contribution in [0.4, 0.5) is 20.4 Å². The highest BCUT2D eigenvalue weighted by molar-refractivity contribution is 5.47. The third-order valence-corrected chi connectivity index (χ3v) is 3.75. The molecular formula is C15H23F2N3. The summed E-state index contributed by atoms with van der Waals surface area (Å²) in [5, 5.41) is 5.91. The van der Waals surface area contributed by atoms with Gasteiger partial charge in [-0.05, 0) is 25.2 Å². The summed E-state index contributed by atoms with van der Waals surface area (Å²) in [6, 6.07) is 0.897. The molecule has 0 amide bonds. The molecule has 3 nitrogen and oxygen atoms in total. The number of anilines is 2. The van der Waals surface area contributed by atoms with E-state index >= 15 is 0 Å². The number of nitrogens with one attached hydrogen (secondary N) is 2. The second-order valence-corrected chi connectivity index (χ2v) is 5.46. The number of hydrogen-bond acceptors (Lipinski definition) is 3. The van der Waals surface area contributed by atoms with Gasteiger partial charge in [-0.1, -0.05) is 26.2 Å². The highest BCUT2D eigenvalue weighted by Gasteiger charge is 2.16. The van der Waals surface area contributed by atoms with Crippen molar-refractivity contribution in [1.82, 2.24) is 4.98 Å². The first kappa shape index (κ1) is 15.0. The van der Waals surface area contributed by atoms with E-state index in [4.69, 9.17) is 0 Å². The third-order valence-electron chi connectivity index (χ3n) is 3.75. The van der Waals surface area contributed by atoms with E-state index in [2.05, 4.69) is 15.6 Å². The lowest BCUT2D eigenvalue weighted by molar-refractivity contribution is 0.373. The zero-order valence-electron chi connectivity index (χ0n) is 12.0. The average Bonchev–Trinajstić information content (AvgIpc) is 2.46. The summed E-state index contributed by atoms with van der Waals surface area (Å²) in [5.41, 5.74) is 0. The van der Waals surface area contributed by atoms with Gasteiger partial charge >= 0.3 is 0 Å². The monoisotopic (exact) mass is 283 g/mol. The fourth-order valence-electron chi connectivity index (χ4n) is 2.59. The molecule has 1 aliphatic rings. The lowest BCUT2D eigenvalue weighted by Gasteiger charge is -2.22. The Bertz CT molecular complexity index is 431. The van der Waals surface area contributed by atoms with E-state index in [9.17, 15) is 8.78 Å². The van der Waals surface area contributed by atoms with E-state index in [-0.39, 0.29) is 11.6 Å². The third kappa shape index (κ3) is 4.05. The molecule has 0 aromatic carbocycles. The first-order valence-electron chi connectivity index (χ1n) is 7.54. The van der Waals surface area contributed by atoms with Crippen molar-refractivity contribution < 1.29 is 8.78 Å². The van der Waals surface area contributed by atoms with E-state index in [1.165, 1.54) is 32.1 Å². The van der Waals surface area contributed by atoms with Crippen molar-refractivity contribution in [2.75, 3.05) is 23.7 Å². The van der Waals surface area contributed by atoms with Crippen molar-refractivity contribution in [2.24, 2.45) is 5.92 Å². The maximum Gasteiger partial charge on any atom is 0.168 e. The molecule has 2 rings (SSSR count). The first-order chi connectivity index (χ1) is 9.70. The fraction of sp³-hybridized carbons (Fsp3) is 0.667. The summed E-state index contributed by atoms with van der Waals surface area (Å²) in [5.74, 6) is -0.420. The minimum Gasteiger partial charge on any atom is -0.368 e. The number of hydrogen-bond donors (Lipinski definition) is 2. The summed E-state index contributed by atoms with van der Waals surface area (Å²) in [6.45, 7) is 3.32. The van der Waals surface area contributed by atoms with Gasteiger partial charge < -0.3 is 10.6 Å².